The molecule has 0 aliphatic carbocycles. The summed E-state index contributed by atoms with van der Waals surface area (Å²) in [6.07, 6.45) is 0.563. The molecule has 2 heterocycles. The van der Waals surface area contributed by atoms with Crippen molar-refractivity contribution in [2.75, 3.05) is 46.5 Å². The first-order chi connectivity index (χ1) is 17.3. The lowest BCUT2D eigenvalue weighted by Gasteiger charge is -2.29. The monoisotopic (exact) mass is 499 g/mol. The van der Waals surface area contributed by atoms with Gasteiger partial charge in [0.1, 0.15) is 5.76 Å². The number of ether oxygens (including phenoxy) is 2. The van der Waals surface area contributed by atoms with E-state index in [1.165, 1.54) is 48.4 Å². The van der Waals surface area contributed by atoms with Crippen LogP contribution in [0.3, 0.4) is 0 Å². The summed E-state index contributed by atoms with van der Waals surface area (Å²) in [5, 5.41) is 22.2. The van der Waals surface area contributed by atoms with Gasteiger partial charge in [0.05, 0.1) is 36.9 Å². The van der Waals surface area contributed by atoms with Crippen LogP contribution >= 0.6 is 0 Å². The highest BCUT2D eigenvalue weighted by molar-refractivity contribution is 6.46. The molecule has 1 atom stereocenters. The Bertz CT molecular complexity index is 1190. The number of benzene rings is 2. The van der Waals surface area contributed by atoms with Crippen LogP contribution in [-0.4, -0.2) is 78.0 Å². The number of nitrogens with zero attached hydrogens (tertiary/aromatic N) is 3. The van der Waals surface area contributed by atoms with Gasteiger partial charge in [-0.15, -0.1) is 0 Å². The summed E-state index contributed by atoms with van der Waals surface area (Å²) in [5.41, 5.74) is 0.0678. The number of nitro groups is 1. The van der Waals surface area contributed by atoms with E-state index in [1.807, 2.05) is 0 Å². The normalized spacial score (nSPS) is 20.1. The third kappa shape index (κ3) is 5.07. The van der Waals surface area contributed by atoms with Gasteiger partial charge in [-0.05, 0) is 42.3 Å². The Kier molecular flexibility index (Phi) is 7.61. The zero-order chi connectivity index (χ0) is 25.8. The molecule has 4 rings (SSSR count). The van der Waals surface area contributed by atoms with Gasteiger partial charge in [-0.2, -0.15) is 0 Å². The standard InChI is InChI=1S/C25H26FN3O7/c1-35-20-8-5-17(15-19(20)26)23(30)21-22(16-3-6-18(7-4-16)29(33)34)28(25(32)24(21)31)10-2-9-27-11-13-36-14-12-27/h3-8,15,22,30H,2,9-14H2,1H3/b23-21+. The van der Waals surface area contributed by atoms with Crippen LogP contribution < -0.4 is 4.74 Å². The van der Waals surface area contributed by atoms with E-state index in [-0.39, 0.29) is 29.1 Å². The number of likely N-dealkylation sites (tertiary alicyclic amines) is 1. The number of rotatable bonds is 8. The summed E-state index contributed by atoms with van der Waals surface area (Å²) in [5.74, 6) is -3.02. The number of amides is 1. The van der Waals surface area contributed by atoms with Crippen LogP contribution in [0.15, 0.2) is 48.0 Å². The van der Waals surface area contributed by atoms with Crippen LogP contribution in [0.1, 0.15) is 23.6 Å². The van der Waals surface area contributed by atoms with Crippen molar-refractivity contribution in [3.63, 3.8) is 0 Å². The number of hydrogen-bond donors (Lipinski definition) is 1. The lowest BCUT2D eigenvalue weighted by atomic mass is 9.95. The number of halogens is 1. The van der Waals surface area contributed by atoms with Crippen molar-refractivity contribution in [1.29, 1.82) is 0 Å². The lowest BCUT2D eigenvalue weighted by Crippen LogP contribution is -2.38. The van der Waals surface area contributed by atoms with E-state index >= 15 is 0 Å². The number of morpholine rings is 1. The topological polar surface area (TPSA) is 122 Å². The largest absolute Gasteiger partial charge is 0.507 e. The predicted octanol–water partition coefficient (Wildman–Crippen LogP) is 2.89. The molecule has 36 heavy (non-hydrogen) atoms. The van der Waals surface area contributed by atoms with Gasteiger partial charge in [0.15, 0.2) is 11.6 Å². The highest BCUT2D eigenvalue weighted by atomic mass is 19.1. The van der Waals surface area contributed by atoms with E-state index in [0.29, 0.717) is 31.7 Å². The SMILES string of the molecule is COc1ccc(/C(O)=C2\C(=O)C(=O)N(CCCN3CCOCC3)C2c2ccc([N+](=O)[O-])cc2)cc1F. The molecule has 2 saturated heterocycles. The minimum atomic E-state index is -0.986. The van der Waals surface area contributed by atoms with Crippen LogP contribution in [0.5, 0.6) is 5.75 Å². The second kappa shape index (κ2) is 10.8. The van der Waals surface area contributed by atoms with E-state index in [4.69, 9.17) is 9.47 Å². The molecule has 0 aromatic heterocycles. The van der Waals surface area contributed by atoms with E-state index in [1.54, 1.807) is 0 Å². The summed E-state index contributed by atoms with van der Waals surface area (Å²) in [7, 11) is 1.30. The lowest BCUT2D eigenvalue weighted by molar-refractivity contribution is -0.384. The van der Waals surface area contributed by atoms with Crippen LogP contribution in [0.2, 0.25) is 0 Å². The second-order valence-corrected chi connectivity index (χ2v) is 8.50. The summed E-state index contributed by atoms with van der Waals surface area (Å²) in [6, 6.07) is 8.18. The number of nitro benzene ring substituents is 1. The average molecular weight is 499 g/mol. The second-order valence-electron chi connectivity index (χ2n) is 8.50. The molecule has 2 aliphatic rings. The van der Waals surface area contributed by atoms with Crippen molar-refractivity contribution in [3.8, 4) is 5.75 Å². The highest BCUT2D eigenvalue weighted by Gasteiger charge is 2.46. The number of Topliss-reactive ketones (excluding diaryl/α,β-unsaturated/α-hetero) is 1. The fourth-order valence-corrected chi connectivity index (χ4v) is 4.49. The van der Waals surface area contributed by atoms with E-state index < -0.39 is 34.2 Å². The van der Waals surface area contributed by atoms with Crippen LogP contribution in [0.25, 0.3) is 5.76 Å². The number of aliphatic hydroxyl groups is 1. The van der Waals surface area contributed by atoms with Gasteiger partial charge in [-0.25, -0.2) is 4.39 Å². The third-order valence-electron chi connectivity index (χ3n) is 6.36. The number of carbonyl (C=O) groups is 2. The van der Waals surface area contributed by atoms with Gasteiger partial charge in [-0.3, -0.25) is 24.6 Å². The van der Waals surface area contributed by atoms with Gasteiger partial charge in [0, 0.05) is 43.9 Å². The first kappa shape index (κ1) is 25.3. The van der Waals surface area contributed by atoms with Gasteiger partial charge in [0.2, 0.25) is 0 Å². The molecule has 1 unspecified atom stereocenters. The van der Waals surface area contributed by atoms with Crippen LogP contribution in [0.4, 0.5) is 10.1 Å². The predicted molar refractivity (Wildman–Crippen MR) is 127 cm³/mol. The molecular weight excluding hydrogens is 473 g/mol. The Labute approximate surface area is 206 Å². The molecule has 190 valence electrons. The number of non-ortho nitro benzene ring substituents is 1. The summed E-state index contributed by atoms with van der Waals surface area (Å²) < 4.78 is 24.6. The molecule has 2 aliphatic heterocycles. The third-order valence-corrected chi connectivity index (χ3v) is 6.36. The molecule has 2 aromatic rings. The smallest absolute Gasteiger partial charge is 0.295 e. The van der Waals surface area contributed by atoms with Crippen molar-refractivity contribution in [3.05, 3.63) is 75.1 Å². The van der Waals surface area contributed by atoms with Crippen molar-refractivity contribution in [1.82, 2.24) is 9.80 Å². The van der Waals surface area contributed by atoms with Crippen molar-refractivity contribution in [2.45, 2.75) is 12.5 Å². The molecule has 11 heteroatoms. The Morgan fingerprint density at radius 1 is 1.17 bits per heavy atom. The summed E-state index contributed by atoms with van der Waals surface area (Å²) >= 11 is 0. The zero-order valence-electron chi connectivity index (χ0n) is 19.7. The number of aliphatic hydroxyl groups excluding tert-OH is 1. The Morgan fingerprint density at radius 3 is 2.47 bits per heavy atom. The minimum Gasteiger partial charge on any atom is -0.507 e. The van der Waals surface area contributed by atoms with Gasteiger partial charge in [-0.1, -0.05) is 0 Å². The number of methoxy groups -OCH3 is 1. The first-order valence-corrected chi connectivity index (χ1v) is 11.5. The first-order valence-electron chi connectivity index (χ1n) is 11.5. The van der Waals surface area contributed by atoms with Crippen molar-refractivity contribution >= 4 is 23.1 Å². The molecule has 0 saturated carbocycles. The van der Waals surface area contributed by atoms with Gasteiger partial charge in [0.25, 0.3) is 17.4 Å². The van der Waals surface area contributed by atoms with Gasteiger partial charge < -0.3 is 19.5 Å². The Hall–Kier alpha value is -3.83. The maximum atomic E-state index is 14.3. The quantitative estimate of drug-likeness (QED) is 0.193. The van der Waals surface area contributed by atoms with Crippen molar-refractivity contribution in [2.24, 2.45) is 0 Å². The molecule has 1 amide bonds. The number of ketones is 1. The molecule has 0 radical (unpaired) electrons. The van der Waals surface area contributed by atoms with E-state index in [0.717, 1.165) is 19.2 Å². The summed E-state index contributed by atoms with van der Waals surface area (Å²) in [6.45, 7) is 3.71. The molecule has 2 aromatic carbocycles. The Balaban J connectivity index is 1.70. The van der Waals surface area contributed by atoms with Crippen LogP contribution in [0, 0.1) is 15.9 Å². The molecule has 2 fully saturated rings. The molecule has 1 N–H and O–H groups in total. The maximum Gasteiger partial charge on any atom is 0.295 e. The van der Waals surface area contributed by atoms with Gasteiger partial charge >= 0.3 is 0 Å². The molecule has 10 nitrogen and oxygen atoms in total. The van der Waals surface area contributed by atoms with E-state index in [2.05, 4.69) is 4.90 Å². The fourth-order valence-electron chi connectivity index (χ4n) is 4.49. The number of hydrogen-bond acceptors (Lipinski definition) is 8. The number of carbonyl (C=O) groups excluding carboxylic acids is 2. The highest BCUT2D eigenvalue weighted by Crippen LogP contribution is 2.40. The minimum absolute atomic E-state index is 0.00604. The van der Waals surface area contributed by atoms with Crippen LogP contribution in [-0.2, 0) is 14.3 Å². The molecule has 0 spiro atoms. The van der Waals surface area contributed by atoms with Crippen molar-refractivity contribution < 1.29 is 33.5 Å². The molecular formula is C25H26FN3O7. The fraction of sp³-hybridized carbons (Fsp3) is 0.360. The molecule has 0 bridgehead atoms. The zero-order valence-corrected chi connectivity index (χ0v) is 19.7. The van der Waals surface area contributed by atoms with E-state index in [9.17, 15) is 29.2 Å². The summed E-state index contributed by atoms with van der Waals surface area (Å²) in [4.78, 5) is 40.3. The Morgan fingerprint density at radius 2 is 1.86 bits per heavy atom. The maximum absolute atomic E-state index is 14.3. The average Bonchev–Trinajstić information content (AvgIpc) is 3.14.